The molecule has 4 heteroatoms. The number of hydrogen-bond donors (Lipinski definition) is 0. The molecule has 3 rings (SSSR count). The van der Waals surface area contributed by atoms with Crippen molar-refractivity contribution in [2.24, 2.45) is 4.40 Å². The fourth-order valence-corrected chi connectivity index (χ4v) is 3.63. The number of benzene rings is 1. The molecule has 1 atom stereocenters. The zero-order valence-electron chi connectivity index (χ0n) is 11.5. The zero-order chi connectivity index (χ0) is 13.8. The minimum absolute atomic E-state index is 0.290. The second-order valence-corrected chi connectivity index (χ2v) is 9.37. The normalized spacial score (nSPS) is 23.7. The van der Waals surface area contributed by atoms with Crippen LogP contribution in [-0.2, 0) is 16.8 Å². The van der Waals surface area contributed by atoms with Gasteiger partial charge in [-0.2, -0.15) is 0 Å². The first-order chi connectivity index (χ1) is 8.82. The Morgan fingerprint density at radius 1 is 1.32 bits per heavy atom. The summed E-state index contributed by atoms with van der Waals surface area (Å²) in [4.78, 5) is 0. The van der Waals surface area contributed by atoms with Crippen LogP contribution >= 0.6 is 15.9 Å². The SMILES string of the molecule is CC(C)(C)[S+]([O-])N=C1CC2(CC2)c2cc(Br)ccc21. The van der Waals surface area contributed by atoms with Gasteiger partial charge in [0.2, 0.25) is 0 Å². The van der Waals surface area contributed by atoms with Gasteiger partial charge < -0.3 is 4.55 Å². The minimum Gasteiger partial charge on any atom is -0.591 e. The lowest BCUT2D eigenvalue weighted by atomic mass is 9.99. The second-order valence-electron chi connectivity index (χ2n) is 6.55. The van der Waals surface area contributed by atoms with E-state index in [9.17, 15) is 4.55 Å². The van der Waals surface area contributed by atoms with Crippen LogP contribution in [0, 0.1) is 0 Å². The maximum Gasteiger partial charge on any atom is 0.144 e. The molecule has 0 N–H and O–H groups in total. The van der Waals surface area contributed by atoms with Crippen molar-refractivity contribution < 1.29 is 4.55 Å². The summed E-state index contributed by atoms with van der Waals surface area (Å²) in [5.41, 5.74) is 3.94. The number of hydrogen-bond acceptors (Lipinski definition) is 2. The lowest BCUT2D eigenvalue weighted by Crippen LogP contribution is -2.26. The van der Waals surface area contributed by atoms with Crippen molar-refractivity contribution in [2.75, 3.05) is 0 Å². The highest BCUT2D eigenvalue weighted by molar-refractivity contribution is 9.10. The standard InChI is InChI=1S/C15H18BrNOS/c1-14(2,3)19(18)17-13-9-15(6-7-15)12-8-10(16)4-5-11(12)13/h4-5,8H,6-7,9H2,1-3H3. The molecule has 2 aliphatic rings. The molecular weight excluding hydrogens is 322 g/mol. The third-order valence-corrected chi connectivity index (χ3v) is 5.87. The third kappa shape index (κ3) is 2.39. The second kappa shape index (κ2) is 4.34. The summed E-state index contributed by atoms with van der Waals surface area (Å²) in [6, 6.07) is 6.38. The smallest absolute Gasteiger partial charge is 0.144 e. The van der Waals surface area contributed by atoms with Crippen molar-refractivity contribution >= 4 is 33.0 Å². The Labute approximate surface area is 126 Å². The van der Waals surface area contributed by atoms with Crippen LogP contribution in [0.4, 0.5) is 0 Å². The van der Waals surface area contributed by atoms with Crippen LogP contribution in [0.3, 0.4) is 0 Å². The fourth-order valence-electron chi connectivity index (χ4n) is 2.63. The summed E-state index contributed by atoms with van der Waals surface area (Å²) >= 11 is 2.38. The Morgan fingerprint density at radius 3 is 2.58 bits per heavy atom. The van der Waals surface area contributed by atoms with E-state index < -0.39 is 11.4 Å². The highest BCUT2D eigenvalue weighted by Gasteiger charge is 2.52. The lowest BCUT2D eigenvalue weighted by Gasteiger charge is -2.18. The highest BCUT2D eigenvalue weighted by Crippen LogP contribution is 2.57. The van der Waals surface area contributed by atoms with Crippen molar-refractivity contribution in [1.82, 2.24) is 0 Å². The van der Waals surface area contributed by atoms with E-state index in [1.54, 1.807) is 0 Å². The molecule has 0 bridgehead atoms. The maximum absolute atomic E-state index is 12.2. The van der Waals surface area contributed by atoms with Crippen molar-refractivity contribution in [1.29, 1.82) is 0 Å². The molecule has 1 spiro atoms. The monoisotopic (exact) mass is 339 g/mol. The quantitative estimate of drug-likeness (QED) is 0.708. The summed E-state index contributed by atoms with van der Waals surface area (Å²) in [6.07, 6.45) is 3.43. The molecule has 2 nitrogen and oxygen atoms in total. The van der Waals surface area contributed by atoms with E-state index >= 15 is 0 Å². The summed E-state index contributed by atoms with van der Waals surface area (Å²) in [5, 5.41) is 0. The molecule has 0 aromatic heterocycles. The van der Waals surface area contributed by atoms with Gasteiger partial charge in [-0.15, -0.1) is 0 Å². The van der Waals surface area contributed by atoms with Gasteiger partial charge in [0.25, 0.3) is 0 Å². The lowest BCUT2D eigenvalue weighted by molar-refractivity contribution is 0.561. The summed E-state index contributed by atoms with van der Waals surface area (Å²) in [5.74, 6) is 0. The summed E-state index contributed by atoms with van der Waals surface area (Å²) in [7, 11) is 0. The molecule has 1 aromatic carbocycles. The van der Waals surface area contributed by atoms with E-state index in [0.29, 0.717) is 5.41 Å². The molecular formula is C15H18BrNOS. The first kappa shape index (κ1) is 13.7. The van der Waals surface area contributed by atoms with Crippen molar-refractivity contribution in [3.05, 3.63) is 33.8 Å². The molecule has 102 valence electrons. The topological polar surface area (TPSA) is 35.4 Å². The number of rotatable bonds is 1. The molecule has 1 unspecified atom stereocenters. The number of nitrogens with zero attached hydrogens (tertiary/aromatic N) is 1. The van der Waals surface area contributed by atoms with E-state index in [1.807, 2.05) is 20.8 Å². The van der Waals surface area contributed by atoms with Gasteiger partial charge >= 0.3 is 0 Å². The Morgan fingerprint density at radius 2 is 2.00 bits per heavy atom. The molecule has 1 fully saturated rings. The van der Waals surface area contributed by atoms with E-state index in [0.717, 1.165) is 16.6 Å². The van der Waals surface area contributed by atoms with Gasteiger partial charge in [-0.3, -0.25) is 0 Å². The zero-order valence-corrected chi connectivity index (χ0v) is 13.9. The third-order valence-electron chi connectivity index (χ3n) is 3.94. The molecule has 0 heterocycles. The Hall–Kier alpha value is -0.320. The first-order valence-electron chi connectivity index (χ1n) is 6.62. The van der Waals surface area contributed by atoms with Crippen LogP contribution < -0.4 is 0 Å². The minimum atomic E-state index is -1.17. The van der Waals surface area contributed by atoms with E-state index in [1.165, 1.54) is 24.0 Å². The van der Waals surface area contributed by atoms with Gasteiger partial charge in [-0.1, -0.05) is 26.4 Å². The number of fused-ring (bicyclic) bond motifs is 2. The van der Waals surface area contributed by atoms with Gasteiger partial charge in [-0.25, -0.2) is 0 Å². The largest absolute Gasteiger partial charge is 0.591 e. The van der Waals surface area contributed by atoms with Crippen molar-refractivity contribution in [3.8, 4) is 0 Å². The van der Waals surface area contributed by atoms with Gasteiger partial charge in [0.15, 0.2) is 0 Å². The van der Waals surface area contributed by atoms with Gasteiger partial charge in [0.05, 0.1) is 5.71 Å². The number of halogens is 1. The summed E-state index contributed by atoms with van der Waals surface area (Å²) in [6.45, 7) is 5.91. The van der Waals surface area contributed by atoms with Crippen LogP contribution in [0.5, 0.6) is 0 Å². The molecule has 0 saturated heterocycles. The molecule has 0 aliphatic heterocycles. The average molecular weight is 340 g/mol. The molecule has 1 saturated carbocycles. The van der Waals surface area contributed by atoms with E-state index in [4.69, 9.17) is 0 Å². The molecule has 0 amide bonds. The van der Waals surface area contributed by atoms with Gasteiger partial charge in [0.1, 0.15) is 16.1 Å². The molecule has 1 aromatic rings. The van der Waals surface area contributed by atoms with Crippen molar-refractivity contribution in [3.63, 3.8) is 0 Å². The predicted molar refractivity (Wildman–Crippen MR) is 84.1 cm³/mol. The van der Waals surface area contributed by atoms with E-state index in [2.05, 4.69) is 38.5 Å². The van der Waals surface area contributed by atoms with Gasteiger partial charge in [-0.05, 0) is 51.3 Å². The fraction of sp³-hybridized carbons (Fsp3) is 0.533. The highest BCUT2D eigenvalue weighted by atomic mass is 79.9. The first-order valence-corrected chi connectivity index (χ1v) is 8.52. The van der Waals surface area contributed by atoms with Crippen LogP contribution in [0.25, 0.3) is 0 Å². The van der Waals surface area contributed by atoms with Crippen LogP contribution in [0.1, 0.15) is 51.2 Å². The van der Waals surface area contributed by atoms with Crippen LogP contribution in [-0.4, -0.2) is 15.0 Å². The summed E-state index contributed by atoms with van der Waals surface area (Å²) < 4.78 is 17.6. The van der Waals surface area contributed by atoms with E-state index in [-0.39, 0.29) is 4.75 Å². The van der Waals surface area contributed by atoms with Gasteiger partial charge in [0, 0.05) is 21.9 Å². The Bertz CT molecular complexity index is 558. The molecule has 2 aliphatic carbocycles. The molecule has 0 radical (unpaired) electrons. The average Bonchev–Trinajstić information content (AvgIpc) is 3.01. The van der Waals surface area contributed by atoms with Crippen molar-refractivity contribution in [2.45, 2.75) is 50.2 Å². The Kier molecular flexibility index (Phi) is 3.12. The van der Waals surface area contributed by atoms with Crippen LogP contribution in [0.15, 0.2) is 27.1 Å². The predicted octanol–water partition coefficient (Wildman–Crippen LogP) is 4.14. The maximum atomic E-state index is 12.2. The Balaban J connectivity index is 2.02. The van der Waals surface area contributed by atoms with Crippen LogP contribution in [0.2, 0.25) is 0 Å². The molecule has 19 heavy (non-hydrogen) atoms.